The molecule has 1 aromatic heterocycles. The van der Waals surface area contributed by atoms with Crippen LogP contribution in [0.25, 0.3) is 5.69 Å². The Morgan fingerprint density at radius 1 is 1.21 bits per heavy atom. The molecule has 2 aromatic rings. The number of hydrogen-bond acceptors (Lipinski definition) is 2. The van der Waals surface area contributed by atoms with E-state index in [1.165, 1.54) is 25.3 Å². The third-order valence-corrected chi connectivity index (χ3v) is 2.57. The van der Waals surface area contributed by atoms with Crippen molar-refractivity contribution < 1.29 is 13.2 Å². The van der Waals surface area contributed by atoms with Gasteiger partial charge in [0.15, 0.2) is 0 Å². The third kappa shape index (κ3) is 2.59. The van der Waals surface area contributed by atoms with Crippen molar-refractivity contribution in [2.45, 2.75) is 13.1 Å². The van der Waals surface area contributed by atoms with E-state index in [1.54, 1.807) is 0 Å². The lowest BCUT2D eigenvalue weighted by atomic mass is 10.2. The minimum atomic E-state index is -4.49. The smallest absolute Gasteiger partial charge is 0.273 e. The summed E-state index contributed by atoms with van der Waals surface area (Å²) in [6, 6.07) is 4.31. The minimum Gasteiger partial charge on any atom is -0.273 e. The number of hydrogen-bond donors (Lipinski definition) is 1. The van der Waals surface area contributed by atoms with Gasteiger partial charge in [-0.05, 0) is 25.1 Å². The summed E-state index contributed by atoms with van der Waals surface area (Å²) in [7, 11) is 0. The predicted molar refractivity (Wildman–Crippen MR) is 62.4 cm³/mol. The second-order valence-electron chi connectivity index (χ2n) is 3.99. The number of aromatic amines is 1. The maximum absolute atomic E-state index is 12.6. The monoisotopic (exact) mass is 270 g/mol. The molecule has 0 aliphatic rings. The lowest BCUT2D eigenvalue weighted by Crippen LogP contribution is -2.29. The van der Waals surface area contributed by atoms with Crippen LogP contribution >= 0.6 is 0 Å². The van der Waals surface area contributed by atoms with Crippen LogP contribution in [0.3, 0.4) is 0 Å². The predicted octanol–water partition coefficient (Wildman–Crippen LogP) is 1.85. The van der Waals surface area contributed by atoms with E-state index in [1.807, 2.05) is 4.98 Å². The maximum Gasteiger partial charge on any atom is 0.416 e. The lowest BCUT2D eigenvalue weighted by molar-refractivity contribution is -0.137. The molecule has 100 valence electrons. The first kappa shape index (κ1) is 13.1. The normalized spacial score (nSPS) is 11.6. The molecule has 19 heavy (non-hydrogen) atoms. The largest absolute Gasteiger partial charge is 0.416 e. The Hall–Kier alpha value is -2.31. The summed E-state index contributed by atoms with van der Waals surface area (Å²) in [4.78, 5) is 24.8. The quantitative estimate of drug-likeness (QED) is 0.859. The van der Waals surface area contributed by atoms with Crippen LogP contribution in [0.15, 0.2) is 40.1 Å². The van der Waals surface area contributed by atoms with Gasteiger partial charge in [0.2, 0.25) is 0 Å². The molecule has 0 spiro atoms. The zero-order valence-electron chi connectivity index (χ0n) is 9.78. The van der Waals surface area contributed by atoms with Crippen molar-refractivity contribution in [3.05, 3.63) is 62.4 Å². The number of nitrogens with zero attached hydrogens (tertiary/aromatic N) is 1. The summed E-state index contributed by atoms with van der Waals surface area (Å²) >= 11 is 0. The van der Waals surface area contributed by atoms with Gasteiger partial charge in [-0.3, -0.25) is 14.3 Å². The highest BCUT2D eigenvalue weighted by atomic mass is 19.4. The fourth-order valence-electron chi connectivity index (χ4n) is 1.59. The van der Waals surface area contributed by atoms with E-state index in [-0.39, 0.29) is 11.3 Å². The van der Waals surface area contributed by atoms with Crippen molar-refractivity contribution >= 4 is 0 Å². The molecule has 0 saturated carbocycles. The Balaban J connectivity index is 2.64. The zero-order valence-corrected chi connectivity index (χ0v) is 9.78. The summed E-state index contributed by atoms with van der Waals surface area (Å²) in [6.45, 7) is 1.46. The Morgan fingerprint density at radius 3 is 2.53 bits per heavy atom. The van der Waals surface area contributed by atoms with Gasteiger partial charge in [0.25, 0.3) is 5.56 Å². The van der Waals surface area contributed by atoms with Crippen molar-refractivity contribution in [1.29, 1.82) is 0 Å². The summed E-state index contributed by atoms with van der Waals surface area (Å²) in [6.07, 6.45) is -3.28. The molecular weight excluding hydrogens is 261 g/mol. The molecule has 0 atom stereocenters. The molecule has 1 N–H and O–H groups in total. The topological polar surface area (TPSA) is 54.9 Å². The van der Waals surface area contributed by atoms with Crippen LogP contribution in [-0.4, -0.2) is 9.55 Å². The number of halogens is 3. The van der Waals surface area contributed by atoms with Crippen LogP contribution in [0.5, 0.6) is 0 Å². The first-order chi connectivity index (χ1) is 8.79. The number of alkyl halides is 3. The summed E-state index contributed by atoms with van der Waals surface area (Å²) in [5, 5.41) is 0. The molecule has 0 unspecified atom stereocenters. The SMILES string of the molecule is Cc1cn(-c2cccc(C(F)(F)F)c2)c(=O)[nH]c1=O. The Labute approximate surface area is 105 Å². The molecule has 0 bridgehead atoms. The van der Waals surface area contributed by atoms with Crippen LogP contribution in [0, 0.1) is 6.92 Å². The highest BCUT2D eigenvalue weighted by molar-refractivity contribution is 5.37. The van der Waals surface area contributed by atoms with Crippen LogP contribution in [0.1, 0.15) is 11.1 Å². The van der Waals surface area contributed by atoms with E-state index < -0.39 is 23.0 Å². The van der Waals surface area contributed by atoms with Crippen molar-refractivity contribution in [3.8, 4) is 5.69 Å². The fourth-order valence-corrected chi connectivity index (χ4v) is 1.59. The van der Waals surface area contributed by atoms with Gasteiger partial charge >= 0.3 is 11.9 Å². The van der Waals surface area contributed by atoms with Crippen LogP contribution in [0.4, 0.5) is 13.2 Å². The van der Waals surface area contributed by atoms with E-state index in [0.29, 0.717) is 0 Å². The Morgan fingerprint density at radius 2 is 1.89 bits per heavy atom. The number of rotatable bonds is 1. The van der Waals surface area contributed by atoms with E-state index in [0.717, 1.165) is 16.7 Å². The van der Waals surface area contributed by atoms with Crippen molar-refractivity contribution in [3.63, 3.8) is 0 Å². The average Bonchev–Trinajstić information content (AvgIpc) is 2.33. The number of nitrogens with one attached hydrogen (secondary N) is 1. The van der Waals surface area contributed by atoms with Crippen LogP contribution in [0.2, 0.25) is 0 Å². The summed E-state index contributed by atoms with van der Waals surface area (Å²) in [5.74, 6) is 0. The van der Waals surface area contributed by atoms with Crippen molar-refractivity contribution in [1.82, 2.24) is 9.55 Å². The number of aryl methyl sites for hydroxylation is 1. The van der Waals surface area contributed by atoms with Crippen LogP contribution in [-0.2, 0) is 6.18 Å². The molecule has 0 fully saturated rings. The second kappa shape index (κ2) is 4.42. The molecule has 1 aromatic carbocycles. The fraction of sp³-hybridized carbons (Fsp3) is 0.167. The molecule has 1 heterocycles. The van der Waals surface area contributed by atoms with E-state index in [4.69, 9.17) is 0 Å². The molecule has 2 rings (SSSR count). The molecular formula is C12H9F3N2O2. The molecule has 0 aliphatic carbocycles. The molecule has 4 nitrogen and oxygen atoms in total. The first-order valence-electron chi connectivity index (χ1n) is 5.29. The lowest BCUT2D eigenvalue weighted by Gasteiger charge is -2.10. The summed E-state index contributed by atoms with van der Waals surface area (Å²) < 4.78 is 38.7. The highest BCUT2D eigenvalue weighted by Gasteiger charge is 2.30. The molecule has 0 aliphatic heterocycles. The molecule has 0 saturated heterocycles. The van der Waals surface area contributed by atoms with Gasteiger partial charge in [0, 0.05) is 11.8 Å². The number of benzene rings is 1. The standard InChI is InChI=1S/C12H9F3N2O2/c1-7-6-17(11(19)16-10(7)18)9-4-2-3-8(5-9)12(13,14)15/h2-6H,1H3,(H,16,18,19). The molecule has 0 amide bonds. The van der Waals surface area contributed by atoms with Gasteiger partial charge in [0.1, 0.15) is 0 Å². The van der Waals surface area contributed by atoms with Crippen LogP contribution < -0.4 is 11.2 Å². The summed E-state index contributed by atoms with van der Waals surface area (Å²) in [5.41, 5.74) is -1.93. The van der Waals surface area contributed by atoms with E-state index in [9.17, 15) is 22.8 Å². The highest BCUT2D eigenvalue weighted by Crippen LogP contribution is 2.29. The van der Waals surface area contributed by atoms with Gasteiger partial charge in [-0.1, -0.05) is 6.07 Å². The van der Waals surface area contributed by atoms with Crippen molar-refractivity contribution in [2.24, 2.45) is 0 Å². The zero-order chi connectivity index (χ0) is 14.2. The van der Waals surface area contributed by atoms with Gasteiger partial charge < -0.3 is 0 Å². The molecule has 7 heteroatoms. The Bertz CT molecular complexity index is 729. The Kier molecular flexibility index (Phi) is 3.05. The first-order valence-corrected chi connectivity index (χ1v) is 5.29. The van der Waals surface area contributed by atoms with Gasteiger partial charge in [-0.25, -0.2) is 4.79 Å². The van der Waals surface area contributed by atoms with Gasteiger partial charge in [0.05, 0.1) is 11.3 Å². The number of aromatic nitrogens is 2. The third-order valence-electron chi connectivity index (χ3n) is 2.57. The van der Waals surface area contributed by atoms with E-state index in [2.05, 4.69) is 0 Å². The average molecular weight is 270 g/mol. The van der Waals surface area contributed by atoms with Gasteiger partial charge in [-0.2, -0.15) is 13.2 Å². The molecule has 0 radical (unpaired) electrons. The second-order valence-corrected chi connectivity index (χ2v) is 3.99. The number of H-pyrrole nitrogens is 1. The van der Waals surface area contributed by atoms with Gasteiger partial charge in [-0.15, -0.1) is 0 Å². The van der Waals surface area contributed by atoms with E-state index >= 15 is 0 Å². The maximum atomic E-state index is 12.6. The minimum absolute atomic E-state index is 0.0409. The van der Waals surface area contributed by atoms with Crippen molar-refractivity contribution in [2.75, 3.05) is 0 Å².